The Kier molecular flexibility index (Phi) is 4.92. The summed E-state index contributed by atoms with van der Waals surface area (Å²) in [6.07, 6.45) is 2.45. The van der Waals surface area contributed by atoms with Gasteiger partial charge in [0.25, 0.3) is 0 Å². The van der Waals surface area contributed by atoms with Crippen LogP contribution in [0.2, 0.25) is 0 Å². The van der Waals surface area contributed by atoms with Gasteiger partial charge in [0.15, 0.2) is 0 Å². The van der Waals surface area contributed by atoms with Crippen molar-refractivity contribution >= 4 is 20.9 Å². The second-order valence-corrected chi connectivity index (χ2v) is 8.73. The average molecular weight is 397 g/mol. The van der Waals surface area contributed by atoms with Crippen LogP contribution in [0.25, 0.3) is 10.9 Å². The van der Waals surface area contributed by atoms with Gasteiger partial charge in [-0.15, -0.1) is 0 Å². The van der Waals surface area contributed by atoms with Crippen LogP contribution in [-0.2, 0) is 29.4 Å². The van der Waals surface area contributed by atoms with Crippen LogP contribution in [0.4, 0.5) is 4.39 Å². The van der Waals surface area contributed by atoms with Gasteiger partial charge in [-0.3, -0.25) is 0 Å². The Balaban J connectivity index is 1.63. The van der Waals surface area contributed by atoms with Crippen molar-refractivity contribution in [2.45, 2.75) is 43.2 Å². The minimum atomic E-state index is -3.71. The molecule has 144 valence electrons. The zero-order valence-electron chi connectivity index (χ0n) is 15.2. The van der Waals surface area contributed by atoms with Gasteiger partial charge in [-0.1, -0.05) is 18.2 Å². The fraction of sp³-hybridized carbons (Fsp3) is 0.286. The van der Waals surface area contributed by atoms with Crippen LogP contribution in [0.15, 0.2) is 53.4 Å². The van der Waals surface area contributed by atoms with Crippen molar-refractivity contribution in [3.05, 3.63) is 65.6 Å². The molecule has 7 heteroatoms. The smallest absolute Gasteiger partial charge is 0.240 e. The van der Waals surface area contributed by atoms with E-state index in [0.29, 0.717) is 25.8 Å². The van der Waals surface area contributed by atoms with Gasteiger partial charge < -0.3 is 4.57 Å². The van der Waals surface area contributed by atoms with Gasteiger partial charge >= 0.3 is 0 Å². The molecular weight excluding hydrogens is 377 g/mol. The molecule has 1 unspecified atom stereocenters. The van der Waals surface area contributed by atoms with E-state index < -0.39 is 15.8 Å². The number of nitriles is 1. The van der Waals surface area contributed by atoms with Crippen molar-refractivity contribution in [1.82, 2.24) is 9.29 Å². The van der Waals surface area contributed by atoms with Gasteiger partial charge in [-0.25, -0.2) is 17.5 Å². The number of sulfonamides is 1. The molecule has 0 bridgehead atoms. The summed E-state index contributed by atoms with van der Waals surface area (Å²) in [6, 6.07) is 14.9. The number of hydrogen-bond acceptors (Lipinski definition) is 3. The summed E-state index contributed by atoms with van der Waals surface area (Å²) in [6.45, 7) is 0.637. The Bertz CT molecular complexity index is 1160. The molecule has 28 heavy (non-hydrogen) atoms. The first-order valence-electron chi connectivity index (χ1n) is 9.23. The quantitative estimate of drug-likeness (QED) is 0.716. The van der Waals surface area contributed by atoms with Crippen LogP contribution in [0.5, 0.6) is 0 Å². The molecule has 1 aliphatic carbocycles. The predicted octanol–water partition coefficient (Wildman–Crippen LogP) is 3.53. The number of aromatic nitrogens is 1. The van der Waals surface area contributed by atoms with Crippen molar-refractivity contribution < 1.29 is 12.8 Å². The third-order valence-electron chi connectivity index (χ3n) is 5.27. The summed E-state index contributed by atoms with van der Waals surface area (Å²) in [5.74, 6) is -0.466. The number of para-hydroxylation sites is 1. The van der Waals surface area contributed by atoms with E-state index in [1.54, 1.807) is 0 Å². The first-order valence-corrected chi connectivity index (χ1v) is 10.7. The lowest BCUT2D eigenvalue weighted by Crippen LogP contribution is -2.39. The summed E-state index contributed by atoms with van der Waals surface area (Å²) < 4.78 is 43.4. The van der Waals surface area contributed by atoms with E-state index in [9.17, 15) is 12.8 Å². The molecule has 3 aromatic rings. The molecule has 0 amide bonds. The van der Waals surface area contributed by atoms with Crippen molar-refractivity contribution in [3.8, 4) is 6.07 Å². The Morgan fingerprint density at radius 3 is 2.68 bits per heavy atom. The van der Waals surface area contributed by atoms with Crippen molar-refractivity contribution in [2.75, 3.05) is 0 Å². The van der Waals surface area contributed by atoms with Crippen molar-refractivity contribution in [1.29, 1.82) is 5.26 Å². The van der Waals surface area contributed by atoms with E-state index in [2.05, 4.69) is 15.4 Å². The number of benzene rings is 2. The van der Waals surface area contributed by atoms with Gasteiger partial charge in [0.2, 0.25) is 10.0 Å². The summed E-state index contributed by atoms with van der Waals surface area (Å²) >= 11 is 0. The highest BCUT2D eigenvalue weighted by atomic mass is 32.2. The third kappa shape index (κ3) is 3.41. The SMILES string of the molecule is N#CCCn1c2c(c3ccccc31)CC(NS(=O)(=O)c1ccc(F)cc1)CC2. The molecule has 0 radical (unpaired) electrons. The standard InChI is InChI=1S/C21H20FN3O2S/c22-15-6-9-17(10-7-15)28(26,27)24-16-8-11-21-19(14-16)18-4-1-2-5-20(18)25(21)13-3-12-23/h1-2,4-7,9-10,16,24H,3,8,11,13-14H2. The van der Waals surface area contributed by atoms with Gasteiger partial charge in [-0.2, -0.15) is 5.26 Å². The molecular formula is C21H20FN3O2S. The minimum Gasteiger partial charge on any atom is -0.343 e. The van der Waals surface area contributed by atoms with Gasteiger partial charge in [-0.05, 0) is 55.2 Å². The Hall–Kier alpha value is -2.69. The molecule has 0 aliphatic heterocycles. The second-order valence-electron chi connectivity index (χ2n) is 7.02. The molecule has 1 aliphatic rings. The summed E-state index contributed by atoms with van der Waals surface area (Å²) in [4.78, 5) is 0.0659. The molecule has 0 spiro atoms. The number of rotatable bonds is 5. The van der Waals surface area contributed by atoms with E-state index >= 15 is 0 Å². The maximum atomic E-state index is 13.1. The Morgan fingerprint density at radius 2 is 1.93 bits per heavy atom. The van der Waals surface area contributed by atoms with Crippen molar-refractivity contribution in [2.24, 2.45) is 0 Å². The van der Waals surface area contributed by atoms with Crippen LogP contribution in [0, 0.1) is 17.1 Å². The van der Waals surface area contributed by atoms with Gasteiger partial charge in [0.05, 0.1) is 17.4 Å². The summed E-state index contributed by atoms with van der Waals surface area (Å²) in [7, 11) is -3.71. The van der Waals surface area contributed by atoms with Crippen molar-refractivity contribution in [3.63, 3.8) is 0 Å². The highest BCUT2D eigenvalue weighted by Crippen LogP contribution is 2.33. The number of aryl methyl sites for hydroxylation is 1. The average Bonchev–Trinajstić information content (AvgIpc) is 2.99. The predicted molar refractivity (Wildman–Crippen MR) is 105 cm³/mol. The van der Waals surface area contributed by atoms with E-state index in [-0.39, 0.29) is 10.9 Å². The van der Waals surface area contributed by atoms with Gasteiger partial charge in [0.1, 0.15) is 5.82 Å². The van der Waals surface area contributed by atoms with Gasteiger partial charge in [0, 0.05) is 29.2 Å². The van der Waals surface area contributed by atoms with Crippen LogP contribution in [-0.4, -0.2) is 19.0 Å². The van der Waals surface area contributed by atoms with E-state index in [1.165, 1.54) is 17.8 Å². The van der Waals surface area contributed by atoms with E-state index in [0.717, 1.165) is 35.0 Å². The minimum absolute atomic E-state index is 0.0659. The van der Waals surface area contributed by atoms with E-state index in [4.69, 9.17) is 5.26 Å². The highest BCUT2D eigenvalue weighted by Gasteiger charge is 2.28. The number of halogens is 1. The molecule has 0 fully saturated rings. The fourth-order valence-corrected chi connectivity index (χ4v) is 5.29. The normalized spacial score (nSPS) is 16.6. The van der Waals surface area contributed by atoms with Crippen LogP contribution >= 0.6 is 0 Å². The summed E-state index contributed by atoms with van der Waals surface area (Å²) in [5, 5.41) is 10.1. The lowest BCUT2D eigenvalue weighted by Gasteiger charge is -2.25. The van der Waals surface area contributed by atoms with Crippen LogP contribution in [0.3, 0.4) is 0 Å². The molecule has 1 N–H and O–H groups in total. The lowest BCUT2D eigenvalue weighted by atomic mass is 9.92. The number of hydrogen-bond donors (Lipinski definition) is 1. The number of nitrogens with one attached hydrogen (secondary N) is 1. The van der Waals surface area contributed by atoms with Crippen LogP contribution in [0.1, 0.15) is 24.1 Å². The number of fused-ring (bicyclic) bond motifs is 3. The zero-order chi connectivity index (χ0) is 19.7. The molecule has 1 atom stereocenters. The van der Waals surface area contributed by atoms with E-state index in [1.807, 2.05) is 24.3 Å². The summed E-state index contributed by atoms with van der Waals surface area (Å²) in [5.41, 5.74) is 3.42. The largest absolute Gasteiger partial charge is 0.343 e. The first kappa shape index (κ1) is 18.7. The molecule has 4 rings (SSSR count). The molecule has 5 nitrogen and oxygen atoms in total. The van der Waals surface area contributed by atoms with Crippen LogP contribution < -0.4 is 4.72 Å². The number of nitrogens with zero attached hydrogens (tertiary/aromatic N) is 2. The third-order valence-corrected chi connectivity index (χ3v) is 6.80. The first-order chi connectivity index (χ1) is 13.5. The molecule has 0 saturated carbocycles. The monoisotopic (exact) mass is 397 g/mol. The molecule has 1 heterocycles. The maximum absolute atomic E-state index is 13.1. The molecule has 0 saturated heterocycles. The maximum Gasteiger partial charge on any atom is 0.240 e. The fourth-order valence-electron chi connectivity index (χ4n) is 4.02. The Morgan fingerprint density at radius 1 is 1.18 bits per heavy atom. The Labute approximate surface area is 163 Å². The topological polar surface area (TPSA) is 74.9 Å². The molecule has 2 aromatic carbocycles. The molecule has 1 aromatic heterocycles. The second kappa shape index (κ2) is 7.38. The highest BCUT2D eigenvalue weighted by molar-refractivity contribution is 7.89. The lowest BCUT2D eigenvalue weighted by molar-refractivity contribution is 0.496. The zero-order valence-corrected chi connectivity index (χ0v) is 16.0.